The molecule has 0 N–H and O–H groups in total. The monoisotopic (exact) mass is 404 g/mol. The molecule has 148 valence electrons. The average molecular weight is 405 g/mol. The van der Waals surface area contributed by atoms with Gasteiger partial charge in [-0.25, -0.2) is 4.39 Å². The van der Waals surface area contributed by atoms with Crippen molar-refractivity contribution in [3.63, 3.8) is 0 Å². The minimum Gasteiger partial charge on any atom is -0.483 e. The Kier molecular flexibility index (Phi) is 6.52. The van der Waals surface area contributed by atoms with Gasteiger partial charge in [-0.15, -0.1) is 0 Å². The van der Waals surface area contributed by atoms with Gasteiger partial charge < -0.3 is 14.5 Å². The minimum absolute atomic E-state index is 0.0515. The number of hydrogen-bond acceptors (Lipinski definition) is 3. The number of ether oxygens (including phenoxy) is 1. The summed E-state index contributed by atoms with van der Waals surface area (Å²) in [5.41, 5.74) is 0.927. The third-order valence-corrected chi connectivity index (χ3v) is 5.12. The van der Waals surface area contributed by atoms with Gasteiger partial charge in [0.15, 0.2) is 6.61 Å². The van der Waals surface area contributed by atoms with Crippen molar-refractivity contribution in [2.24, 2.45) is 0 Å². The maximum atomic E-state index is 14.0. The number of carbonyl (C=O) groups excluding carboxylic acids is 2. The molecule has 0 atom stereocenters. The van der Waals surface area contributed by atoms with Crippen LogP contribution in [0.4, 0.5) is 4.39 Å². The van der Waals surface area contributed by atoms with Crippen LogP contribution in [0.3, 0.4) is 0 Å². The Balaban J connectivity index is 1.55. The van der Waals surface area contributed by atoms with E-state index >= 15 is 0 Å². The number of carbonyl (C=O) groups is 2. The molecule has 0 aliphatic carbocycles. The Morgan fingerprint density at radius 2 is 1.71 bits per heavy atom. The van der Waals surface area contributed by atoms with Crippen LogP contribution in [0.15, 0.2) is 42.5 Å². The first kappa shape index (κ1) is 20.1. The summed E-state index contributed by atoms with van der Waals surface area (Å²) in [6.07, 6.45) is 0.823. The van der Waals surface area contributed by atoms with Crippen molar-refractivity contribution >= 4 is 23.4 Å². The van der Waals surface area contributed by atoms with E-state index in [4.69, 9.17) is 16.3 Å². The standard InChI is InChI=1S/C21H22ClFN2O3/c1-2-15-6-3-4-9-18(15)28-14-19(26)24-10-12-25(13-11-24)21(27)20-16(22)7-5-8-17(20)23/h3-9H,2,10-14H2,1H3. The normalized spacial score (nSPS) is 14.1. The summed E-state index contributed by atoms with van der Waals surface area (Å²) in [5, 5.41) is 0.0893. The third kappa shape index (κ3) is 4.44. The highest BCUT2D eigenvalue weighted by atomic mass is 35.5. The number of halogens is 2. The number of piperazine rings is 1. The molecule has 1 heterocycles. The summed E-state index contributed by atoms with van der Waals surface area (Å²) in [6.45, 7) is 3.36. The average Bonchev–Trinajstić information content (AvgIpc) is 2.72. The van der Waals surface area contributed by atoms with Gasteiger partial charge in [-0.05, 0) is 30.2 Å². The van der Waals surface area contributed by atoms with Crippen molar-refractivity contribution in [1.29, 1.82) is 0 Å². The Morgan fingerprint density at radius 1 is 1.04 bits per heavy atom. The van der Waals surface area contributed by atoms with Crippen molar-refractivity contribution in [2.75, 3.05) is 32.8 Å². The summed E-state index contributed by atoms with van der Waals surface area (Å²) >= 11 is 5.98. The number of nitrogens with zero attached hydrogens (tertiary/aromatic N) is 2. The molecule has 0 radical (unpaired) electrons. The maximum Gasteiger partial charge on any atom is 0.260 e. The summed E-state index contributed by atoms with van der Waals surface area (Å²) in [4.78, 5) is 28.2. The molecule has 1 saturated heterocycles. The Bertz CT molecular complexity index is 846. The van der Waals surface area contributed by atoms with Gasteiger partial charge >= 0.3 is 0 Å². The van der Waals surface area contributed by atoms with Gasteiger partial charge in [-0.3, -0.25) is 9.59 Å². The van der Waals surface area contributed by atoms with E-state index in [1.165, 1.54) is 23.1 Å². The first-order valence-electron chi connectivity index (χ1n) is 9.23. The van der Waals surface area contributed by atoms with Crippen molar-refractivity contribution < 1.29 is 18.7 Å². The Labute approximate surface area is 168 Å². The van der Waals surface area contributed by atoms with Gasteiger partial charge in [0.1, 0.15) is 11.6 Å². The van der Waals surface area contributed by atoms with Crippen LogP contribution in [0, 0.1) is 5.82 Å². The van der Waals surface area contributed by atoms with E-state index < -0.39 is 11.7 Å². The van der Waals surface area contributed by atoms with Gasteiger partial charge in [-0.1, -0.05) is 42.8 Å². The molecule has 0 spiro atoms. The van der Waals surface area contributed by atoms with Crippen LogP contribution in [0.1, 0.15) is 22.8 Å². The highest BCUT2D eigenvalue weighted by Crippen LogP contribution is 2.22. The molecule has 1 fully saturated rings. The van der Waals surface area contributed by atoms with Crippen LogP contribution >= 0.6 is 11.6 Å². The van der Waals surface area contributed by atoms with Crippen LogP contribution in [0.25, 0.3) is 0 Å². The zero-order valence-electron chi connectivity index (χ0n) is 15.7. The van der Waals surface area contributed by atoms with E-state index in [0.717, 1.165) is 12.0 Å². The molecule has 0 bridgehead atoms. The van der Waals surface area contributed by atoms with E-state index in [1.54, 1.807) is 4.90 Å². The smallest absolute Gasteiger partial charge is 0.260 e. The van der Waals surface area contributed by atoms with E-state index in [0.29, 0.717) is 31.9 Å². The molecule has 2 amide bonds. The molecule has 1 aliphatic rings. The van der Waals surface area contributed by atoms with Gasteiger partial charge in [0, 0.05) is 26.2 Å². The maximum absolute atomic E-state index is 14.0. The number of benzene rings is 2. The first-order chi connectivity index (χ1) is 13.5. The van der Waals surface area contributed by atoms with Gasteiger partial charge in [0.05, 0.1) is 10.6 Å². The number of aryl methyl sites for hydroxylation is 1. The van der Waals surface area contributed by atoms with E-state index in [2.05, 4.69) is 0 Å². The lowest BCUT2D eigenvalue weighted by molar-refractivity contribution is -0.134. The van der Waals surface area contributed by atoms with Crippen LogP contribution in [0.2, 0.25) is 5.02 Å². The highest BCUT2D eigenvalue weighted by Gasteiger charge is 2.27. The molecular formula is C21H22ClFN2O3. The number of rotatable bonds is 5. The fourth-order valence-corrected chi connectivity index (χ4v) is 3.43. The molecule has 3 rings (SSSR count). The van der Waals surface area contributed by atoms with Crippen molar-refractivity contribution in [3.05, 3.63) is 64.4 Å². The Hall–Kier alpha value is -2.60. The van der Waals surface area contributed by atoms with E-state index in [9.17, 15) is 14.0 Å². The summed E-state index contributed by atoms with van der Waals surface area (Å²) in [5.74, 6) is -0.523. The van der Waals surface area contributed by atoms with E-state index in [1.807, 2.05) is 31.2 Å². The molecule has 1 aliphatic heterocycles. The number of hydrogen-bond donors (Lipinski definition) is 0. The van der Waals surface area contributed by atoms with Crippen LogP contribution < -0.4 is 4.74 Å². The molecule has 5 nitrogen and oxygen atoms in total. The van der Waals surface area contributed by atoms with Crippen LogP contribution in [-0.4, -0.2) is 54.4 Å². The van der Waals surface area contributed by atoms with E-state index in [-0.39, 0.29) is 23.1 Å². The SMILES string of the molecule is CCc1ccccc1OCC(=O)N1CCN(C(=O)c2c(F)cccc2Cl)CC1. The van der Waals surface area contributed by atoms with Crippen LogP contribution in [-0.2, 0) is 11.2 Å². The lowest BCUT2D eigenvalue weighted by Crippen LogP contribution is -2.51. The van der Waals surface area contributed by atoms with Crippen molar-refractivity contribution in [2.45, 2.75) is 13.3 Å². The van der Waals surface area contributed by atoms with Crippen LogP contribution in [0.5, 0.6) is 5.75 Å². The second-order valence-corrected chi connectivity index (χ2v) is 6.93. The van der Waals surface area contributed by atoms with Gasteiger partial charge in [0.2, 0.25) is 0 Å². The second-order valence-electron chi connectivity index (χ2n) is 6.52. The van der Waals surface area contributed by atoms with Crippen molar-refractivity contribution in [3.8, 4) is 5.75 Å². The predicted octanol–water partition coefficient (Wildman–Crippen LogP) is 3.40. The summed E-state index contributed by atoms with van der Waals surface area (Å²) in [7, 11) is 0. The molecule has 2 aromatic carbocycles. The lowest BCUT2D eigenvalue weighted by Gasteiger charge is -2.35. The topological polar surface area (TPSA) is 49.9 Å². The molecular weight excluding hydrogens is 383 g/mol. The molecule has 0 saturated carbocycles. The minimum atomic E-state index is -0.640. The third-order valence-electron chi connectivity index (χ3n) is 4.80. The highest BCUT2D eigenvalue weighted by molar-refractivity contribution is 6.33. The summed E-state index contributed by atoms with van der Waals surface area (Å²) in [6, 6.07) is 11.8. The Morgan fingerprint density at radius 3 is 2.39 bits per heavy atom. The van der Waals surface area contributed by atoms with Crippen molar-refractivity contribution in [1.82, 2.24) is 9.80 Å². The fraction of sp³-hybridized carbons (Fsp3) is 0.333. The fourth-order valence-electron chi connectivity index (χ4n) is 3.19. The quantitative estimate of drug-likeness (QED) is 0.767. The van der Waals surface area contributed by atoms with Gasteiger partial charge in [-0.2, -0.15) is 0 Å². The lowest BCUT2D eigenvalue weighted by atomic mass is 10.1. The number of para-hydroxylation sites is 1. The molecule has 0 aromatic heterocycles. The molecule has 7 heteroatoms. The zero-order valence-corrected chi connectivity index (χ0v) is 16.4. The summed E-state index contributed by atoms with van der Waals surface area (Å²) < 4.78 is 19.7. The first-order valence-corrected chi connectivity index (χ1v) is 9.60. The molecule has 0 unspecified atom stereocenters. The predicted molar refractivity (Wildman–Crippen MR) is 105 cm³/mol. The van der Waals surface area contributed by atoms with Gasteiger partial charge in [0.25, 0.3) is 11.8 Å². The molecule has 28 heavy (non-hydrogen) atoms. The zero-order chi connectivity index (χ0) is 20.1. The largest absolute Gasteiger partial charge is 0.483 e. The molecule has 2 aromatic rings. The second kappa shape index (κ2) is 9.06. The number of amides is 2.